The molecule has 1 heterocycles. The minimum atomic E-state index is -0.897. The Hall–Kier alpha value is -2.62. The molecule has 4 heteroatoms. The number of carboxylic acids is 1. The summed E-state index contributed by atoms with van der Waals surface area (Å²) in [6, 6.07) is 14.4. The largest absolute Gasteiger partial charge is 0.481 e. The van der Waals surface area contributed by atoms with E-state index in [4.69, 9.17) is 9.84 Å². The van der Waals surface area contributed by atoms with Crippen LogP contribution in [0.1, 0.15) is 22.6 Å². The maximum absolute atomic E-state index is 12.0. The molecule has 1 N–H and O–H groups in total. The van der Waals surface area contributed by atoms with Crippen molar-refractivity contribution in [1.29, 1.82) is 0 Å². The molecule has 0 radical (unpaired) electrons. The van der Waals surface area contributed by atoms with E-state index in [0.29, 0.717) is 11.3 Å². The van der Waals surface area contributed by atoms with Crippen LogP contribution in [0.2, 0.25) is 0 Å². The predicted octanol–water partition coefficient (Wildman–Crippen LogP) is 2.36. The molecule has 0 aliphatic carbocycles. The summed E-state index contributed by atoms with van der Waals surface area (Å²) >= 11 is 0. The summed E-state index contributed by atoms with van der Waals surface area (Å²) in [5.41, 5.74) is 2.25. The van der Waals surface area contributed by atoms with E-state index in [-0.39, 0.29) is 12.4 Å². The molecule has 0 fully saturated rings. The van der Waals surface area contributed by atoms with Gasteiger partial charge in [-0.3, -0.25) is 9.59 Å². The van der Waals surface area contributed by atoms with Crippen molar-refractivity contribution in [2.45, 2.75) is 12.3 Å². The molecule has 1 aliphatic heterocycles. The second-order valence-corrected chi connectivity index (χ2v) is 4.71. The van der Waals surface area contributed by atoms with Crippen molar-refractivity contribution < 1.29 is 19.4 Å². The molecule has 4 nitrogen and oxygen atoms in total. The van der Waals surface area contributed by atoms with E-state index >= 15 is 0 Å². The van der Waals surface area contributed by atoms with Gasteiger partial charge in [-0.25, -0.2) is 0 Å². The van der Waals surface area contributed by atoms with Crippen molar-refractivity contribution >= 4 is 11.9 Å². The zero-order valence-electron chi connectivity index (χ0n) is 10.6. The number of carbonyl (C=O) groups excluding carboxylic acids is 1. The minimum Gasteiger partial charge on any atom is -0.481 e. The zero-order valence-corrected chi connectivity index (χ0v) is 10.6. The second-order valence-electron chi connectivity index (χ2n) is 4.71. The fourth-order valence-corrected chi connectivity index (χ4v) is 2.46. The quantitative estimate of drug-likeness (QED) is 0.685. The van der Waals surface area contributed by atoms with Crippen LogP contribution in [0.25, 0.3) is 0 Å². The number of esters is 1. The second kappa shape index (κ2) is 4.81. The zero-order chi connectivity index (χ0) is 14.1. The number of aliphatic carboxylic acids is 1. The van der Waals surface area contributed by atoms with Crippen molar-refractivity contribution in [3.63, 3.8) is 0 Å². The molecular formula is C16H12O4. The maximum Gasteiger partial charge on any atom is 0.323 e. The summed E-state index contributed by atoms with van der Waals surface area (Å²) < 4.78 is 5.25. The third kappa shape index (κ3) is 2.16. The van der Waals surface area contributed by atoms with E-state index in [1.54, 1.807) is 18.2 Å². The third-order valence-corrected chi connectivity index (χ3v) is 3.32. The highest BCUT2D eigenvalue weighted by Gasteiger charge is 2.34. The summed E-state index contributed by atoms with van der Waals surface area (Å²) in [6.45, 7) is 0. The average Bonchev–Trinajstić information content (AvgIpc) is 2.74. The Morgan fingerprint density at radius 3 is 2.60 bits per heavy atom. The van der Waals surface area contributed by atoms with Gasteiger partial charge in [-0.1, -0.05) is 42.5 Å². The Morgan fingerprint density at radius 2 is 1.90 bits per heavy atom. The highest BCUT2D eigenvalue weighted by atomic mass is 16.5. The van der Waals surface area contributed by atoms with Gasteiger partial charge in [-0.2, -0.15) is 0 Å². The highest BCUT2D eigenvalue weighted by molar-refractivity contribution is 5.89. The molecule has 3 rings (SSSR count). The molecule has 1 atom stereocenters. The van der Waals surface area contributed by atoms with E-state index in [0.717, 1.165) is 11.1 Å². The summed E-state index contributed by atoms with van der Waals surface area (Å²) in [6.07, 6.45) is -0.0665. The molecule has 0 saturated heterocycles. The normalized spacial score (nSPS) is 16.6. The highest BCUT2D eigenvalue weighted by Crippen LogP contribution is 2.39. The van der Waals surface area contributed by atoms with Gasteiger partial charge in [0.15, 0.2) is 0 Å². The first-order valence-electron chi connectivity index (χ1n) is 6.26. The van der Waals surface area contributed by atoms with E-state index in [2.05, 4.69) is 0 Å². The van der Waals surface area contributed by atoms with Crippen molar-refractivity contribution in [1.82, 2.24) is 0 Å². The number of carbonyl (C=O) groups is 2. The Balaban J connectivity index is 2.04. The first-order valence-corrected chi connectivity index (χ1v) is 6.26. The molecule has 0 amide bonds. The number of carboxylic acid groups (broad SMARTS) is 1. The van der Waals surface area contributed by atoms with Crippen molar-refractivity contribution in [3.05, 3.63) is 65.2 Å². The Kier molecular flexibility index (Phi) is 2.99. The van der Waals surface area contributed by atoms with Gasteiger partial charge in [-0.15, -0.1) is 0 Å². The summed E-state index contributed by atoms with van der Waals surface area (Å²) in [4.78, 5) is 22.8. The number of hydrogen-bond donors (Lipinski definition) is 1. The smallest absolute Gasteiger partial charge is 0.323 e. The number of fused-ring (bicyclic) bond motifs is 1. The first-order chi connectivity index (χ1) is 9.65. The van der Waals surface area contributed by atoms with E-state index in [1.807, 2.05) is 30.3 Å². The van der Waals surface area contributed by atoms with E-state index < -0.39 is 11.9 Å². The Bertz CT molecular complexity index is 676. The lowest BCUT2D eigenvalue weighted by Gasteiger charge is -2.08. The summed E-state index contributed by atoms with van der Waals surface area (Å²) in [5.74, 6) is -1.18. The van der Waals surface area contributed by atoms with Gasteiger partial charge in [0.05, 0.1) is 6.42 Å². The van der Waals surface area contributed by atoms with Crippen molar-refractivity contribution in [3.8, 4) is 5.75 Å². The standard InChI is InChI=1S/C16H12O4/c17-14(18)9-10-6-7-13-12(8-10)15(16(19)20-13)11-4-2-1-3-5-11/h1-8,15H,9H2,(H,17,18). The SMILES string of the molecule is O=C(O)Cc1ccc2c(c1)C(c1ccccc1)C(=O)O2. The van der Waals surface area contributed by atoms with Crippen LogP contribution in [0.3, 0.4) is 0 Å². The van der Waals surface area contributed by atoms with Gasteiger partial charge in [0, 0.05) is 5.56 Å². The van der Waals surface area contributed by atoms with E-state index in [9.17, 15) is 9.59 Å². The molecular weight excluding hydrogens is 256 g/mol. The van der Waals surface area contributed by atoms with Gasteiger partial charge >= 0.3 is 11.9 Å². The monoisotopic (exact) mass is 268 g/mol. The van der Waals surface area contributed by atoms with Crippen molar-refractivity contribution in [2.75, 3.05) is 0 Å². The fraction of sp³-hybridized carbons (Fsp3) is 0.125. The molecule has 0 spiro atoms. The number of benzene rings is 2. The van der Waals surface area contributed by atoms with Gasteiger partial charge in [-0.05, 0) is 17.2 Å². The van der Waals surface area contributed by atoms with Crippen LogP contribution in [0, 0.1) is 0 Å². The van der Waals surface area contributed by atoms with Crippen molar-refractivity contribution in [2.24, 2.45) is 0 Å². The number of rotatable bonds is 3. The number of ether oxygens (including phenoxy) is 1. The van der Waals surface area contributed by atoms with Crippen LogP contribution in [0.15, 0.2) is 48.5 Å². The molecule has 2 aromatic rings. The lowest BCUT2D eigenvalue weighted by Crippen LogP contribution is -2.11. The molecule has 1 aliphatic rings. The maximum atomic E-state index is 12.0. The molecule has 2 aromatic carbocycles. The lowest BCUT2D eigenvalue weighted by molar-refractivity contribution is -0.136. The third-order valence-electron chi connectivity index (χ3n) is 3.32. The average molecular weight is 268 g/mol. The van der Waals surface area contributed by atoms with Crippen LogP contribution in [-0.4, -0.2) is 17.0 Å². The lowest BCUT2D eigenvalue weighted by atomic mass is 9.91. The van der Waals surface area contributed by atoms with Gasteiger partial charge in [0.1, 0.15) is 11.7 Å². The minimum absolute atomic E-state index is 0.0665. The van der Waals surface area contributed by atoms with Crippen LogP contribution >= 0.6 is 0 Å². The molecule has 0 aromatic heterocycles. The molecule has 20 heavy (non-hydrogen) atoms. The van der Waals surface area contributed by atoms with Gasteiger partial charge in [0.2, 0.25) is 0 Å². The Labute approximate surface area is 115 Å². The van der Waals surface area contributed by atoms with Crippen LogP contribution in [0.5, 0.6) is 5.75 Å². The summed E-state index contributed by atoms with van der Waals surface area (Å²) in [7, 11) is 0. The van der Waals surface area contributed by atoms with E-state index in [1.165, 1.54) is 0 Å². The summed E-state index contributed by atoms with van der Waals surface area (Å²) in [5, 5.41) is 8.85. The molecule has 0 bridgehead atoms. The van der Waals surface area contributed by atoms with Crippen LogP contribution in [-0.2, 0) is 16.0 Å². The number of hydrogen-bond acceptors (Lipinski definition) is 3. The molecule has 100 valence electrons. The predicted molar refractivity (Wildman–Crippen MR) is 71.7 cm³/mol. The van der Waals surface area contributed by atoms with Gasteiger partial charge < -0.3 is 9.84 Å². The van der Waals surface area contributed by atoms with Crippen LogP contribution in [0.4, 0.5) is 0 Å². The fourth-order valence-electron chi connectivity index (χ4n) is 2.46. The first kappa shape index (κ1) is 12.4. The molecule has 1 unspecified atom stereocenters. The topological polar surface area (TPSA) is 63.6 Å². The molecule has 0 saturated carbocycles. The van der Waals surface area contributed by atoms with Crippen LogP contribution < -0.4 is 4.74 Å². The van der Waals surface area contributed by atoms with Gasteiger partial charge in [0.25, 0.3) is 0 Å². The Morgan fingerprint density at radius 1 is 1.15 bits per heavy atom.